The molecule has 1 saturated carbocycles. The zero-order chi connectivity index (χ0) is 13.7. The summed E-state index contributed by atoms with van der Waals surface area (Å²) in [4.78, 5) is 22.8. The predicted octanol–water partition coefficient (Wildman–Crippen LogP) is 1.90. The number of amides is 2. The molecule has 0 radical (unpaired) electrons. The van der Waals surface area contributed by atoms with Crippen molar-refractivity contribution in [2.24, 2.45) is 11.8 Å². The van der Waals surface area contributed by atoms with Gasteiger partial charge in [0.25, 0.3) is 0 Å². The molecule has 5 nitrogen and oxygen atoms in total. The van der Waals surface area contributed by atoms with E-state index in [4.69, 9.17) is 5.11 Å². The molecule has 0 aliphatic heterocycles. The largest absolute Gasteiger partial charge is 0.481 e. The fourth-order valence-electron chi connectivity index (χ4n) is 2.99. The maximum atomic E-state index is 11.8. The molecular formula is C14H22N2O3. The average Bonchev–Trinajstić information content (AvgIpc) is 2.86. The molecule has 0 aromatic heterocycles. The minimum absolute atomic E-state index is 0.0782. The highest BCUT2D eigenvalue weighted by Gasteiger charge is 2.32. The maximum absolute atomic E-state index is 11.8. The number of hydrogen-bond acceptors (Lipinski definition) is 2. The summed E-state index contributed by atoms with van der Waals surface area (Å²) < 4.78 is 0. The minimum atomic E-state index is -0.734. The lowest BCUT2D eigenvalue weighted by molar-refractivity contribution is -0.142. The van der Waals surface area contributed by atoms with Gasteiger partial charge in [-0.15, -0.1) is 0 Å². The Hall–Kier alpha value is -1.52. The molecule has 0 aromatic carbocycles. The number of nitrogens with one attached hydrogen (secondary N) is 2. The van der Waals surface area contributed by atoms with Crippen LogP contribution in [0.15, 0.2) is 12.2 Å². The van der Waals surface area contributed by atoms with E-state index in [2.05, 4.69) is 22.8 Å². The molecule has 0 spiro atoms. The third-order valence-electron chi connectivity index (χ3n) is 4.11. The lowest BCUT2D eigenvalue weighted by atomic mass is 9.96. The van der Waals surface area contributed by atoms with E-state index < -0.39 is 5.97 Å². The molecule has 5 heteroatoms. The summed E-state index contributed by atoms with van der Waals surface area (Å²) >= 11 is 0. The van der Waals surface area contributed by atoms with Crippen LogP contribution in [-0.4, -0.2) is 29.7 Å². The third-order valence-corrected chi connectivity index (χ3v) is 4.11. The first kappa shape index (κ1) is 13.9. The zero-order valence-corrected chi connectivity index (χ0v) is 11.1. The number of carbonyl (C=O) groups excluding carboxylic acids is 1. The van der Waals surface area contributed by atoms with E-state index in [1.165, 1.54) is 0 Å². The van der Waals surface area contributed by atoms with Gasteiger partial charge in [0, 0.05) is 12.6 Å². The van der Waals surface area contributed by atoms with E-state index in [1.54, 1.807) is 0 Å². The van der Waals surface area contributed by atoms with Crippen molar-refractivity contribution >= 4 is 12.0 Å². The highest BCUT2D eigenvalue weighted by Crippen LogP contribution is 2.31. The van der Waals surface area contributed by atoms with Gasteiger partial charge in [0.15, 0.2) is 0 Å². The van der Waals surface area contributed by atoms with Crippen molar-refractivity contribution in [1.82, 2.24) is 10.6 Å². The Labute approximate surface area is 113 Å². The second-order valence-corrected chi connectivity index (χ2v) is 5.47. The van der Waals surface area contributed by atoms with Gasteiger partial charge in [-0.3, -0.25) is 4.79 Å². The Morgan fingerprint density at radius 1 is 1.21 bits per heavy atom. The topological polar surface area (TPSA) is 78.4 Å². The van der Waals surface area contributed by atoms with E-state index in [0.717, 1.165) is 38.5 Å². The molecule has 2 aliphatic rings. The molecule has 0 saturated heterocycles. The van der Waals surface area contributed by atoms with Gasteiger partial charge >= 0.3 is 12.0 Å². The van der Waals surface area contributed by atoms with Crippen molar-refractivity contribution in [3.8, 4) is 0 Å². The smallest absolute Gasteiger partial charge is 0.315 e. The molecule has 2 rings (SSSR count). The standard InChI is InChI=1S/C14H22N2O3/c17-13(18)12-8-4-5-10(12)9-15-14(19)16-11-6-2-1-3-7-11/h1-2,10-12H,3-9H2,(H,17,18)(H2,15,16,19). The molecule has 3 atom stereocenters. The molecule has 0 bridgehead atoms. The lowest BCUT2D eigenvalue weighted by Gasteiger charge is -2.21. The van der Waals surface area contributed by atoms with E-state index in [-0.39, 0.29) is 23.9 Å². The van der Waals surface area contributed by atoms with Gasteiger partial charge < -0.3 is 15.7 Å². The quantitative estimate of drug-likeness (QED) is 0.680. The highest BCUT2D eigenvalue weighted by molar-refractivity contribution is 5.74. The van der Waals surface area contributed by atoms with Gasteiger partial charge in [0.2, 0.25) is 0 Å². The number of allylic oxidation sites excluding steroid dienone is 1. The predicted molar refractivity (Wildman–Crippen MR) is 71.8 cm³/mol. The number of hydrogen-bond donors (Lipinski definition) is 3. The summed E-state index contributed by atoms with van der Waals surface area (Å²) in [5, 5.41) is 14.8. The minimum Gasteiger partial charge on any atom is -0.481 e. The van der Waals surface area contributed by atoms with Crippen LogP contribution in [0, 0.1) is 11.8 Å². The number of rotatable bonds is 4. The molecule has 0 heterocycles. The molecule has 3 N–H and O–H groups in total. The molecule has 2 amide bonds. The maximum Gasteiger partial charge on any atom is 0.315 e. The van der Waals surface area contributed by atoms with Crippen LogP contribution >= 0.6 is 0 Å². The Bertz CT molecular complexity index is 368. The van der Waals surface area contributed by atoms with Crippen molar-refractivity contribution in [3.63, 3.8) is 0 Å². The molecule has 0 aromatic rings. The Morgan fingerprint density at radius 3 is 2.74 bits per heavy atom. The number of carbonyl (C=O) groups is 2. The fraction of sp³-hybridized carbons (Fsp3) is 0.714. The summed E-state index contributed by atoms with van der Waals surface area (Å²) in [5.74, 6) is -0.949. The van der Waals surface area contributed by atoms with E-state index >= 15 is 0 Å². The van der Waals surface area contributed by atoms with Crippen molar-refractivity contribution in [1.29, 1.82) is 0 Å². The van der Waals surface area contributed by atoms with Crippen LogP contribution in [0.2, 0.25) is 0 Å². The molecule has 3 unspecified atom stereocenters. The van der Waals surface area contributed by atoms with Crippen LogP contribution in [0.3, 0.4) is 0 Å². The monoisotopic (exact) mass is 266 g/mol. The Kier molecular flexibility index (Phi) is 4.82. The molecule has 19 heavy (non-hydrogen) atoms. The van der Waals surface area contributed by atoms with Gasteiger partial charge in [0.1, 0.15) is 0 Å². The number of aliphatic carboxylic acids is 1. The van der Waals surface area contributed by atoms with Gasteiger partial charge in [-0.05, 0) is 38.0 Å². The number of carboxylic acids is 1. The fourth-order valence-corrected chi connectivity index (χ4v) is 2.99. The van der Waals surface area contributed by atoms with E-state index in [0.29, 0.717) is 6.54 Å². The molecule has 2 aliphatic carbocycles. The van der Waals surface area contributed by atoms with E-state index in [1.807, 2.05) is 0 Å². The second kappa shape index (κ2) is 6.59. The van der Waals surface area contributed by atoms with Crippen LogP contribution in [-0.2, 0) is 4.79 Å². The Balaban J connectivity index is 1.71. The van der Waals surface area contributed by atoms with Gasteiger partial charge in [0.05, 0.1) is 5.92 Å². The first-order chi connectivity index (χ1) is 9.16. The highest BCUT2D eigenvalue weighted by atomic mass is 16.4. The Morgan fingerprint density at radius 2 is 2.05 bits per heavy atom. The number of carboxylic acid groups (broad SMARTS) is 1. The van der Waals surface area contributed by atoms with Crippen molar-refractivity contribution in [3.05, 3.63) is 12.2 Å². The first-order valence-electron chi connectivity index (χ1n) is 7.09. The van der Waals surface area contributed by atoms with E-state index in [9.17, 15) is 9.59 Å². The van der Waals surface area contributed by atoms with Crippen molar-refractivity contribution in [2.75, 3.05) is 6.54 Å². The van der Waals surface area contributed by atoms with Crippen LogP contribution in [0.4, 0.5) is 4.79 Å². The summed E-state index contributed by atoms with van der Waals surface area (Å²) in [6.07, 6.45) is 9.66. The lowest BCUT2D eigenvalue weighted by Crippen LogP contribution is -2.44. The molecule has 106 valence electrons. The summed E-state index contributed by atoms with van der Waals surface area (Å²) in [6.45, 7) is 0.464. The van der Waals surface area contributed by atoms with Crippen LogP contribution < -0.4 is 10.6 Å². The SMILES string of the molecule is O=C(NCC1CCCC1C(=O)O)NC1CC=CCC1. The number of urea groups is 1. The zero-order valence-electron chi connectivity index (χ0n) is 11.1. The molecule has 1 fully saturated rings. The summed E-state index contributed by atoms with van der Waals surface area (Å²) in [7, 11) is 0. The average molecular weight is 266 g/mol. The summed E-state index contributed by atoms with van der Waals surface area (Å²) in [5.41, 5.74) is 0. The van der Waals surface area contributed by atoms with Gasteiger partial charge in [-0.2, -0.15) is 0 Å². The molecular weight excluding hydrogens is 244 g/mol. The van der Waals surface area contributed by atoms with Crippen LogP contribution in [0.5, 0.6) is 0 Å². The van der Waals surface area contributed by atoms with Gasteiger partial charge in [-0.1, -0.05) is 18.6 Å². The third kappa shape index (κ3) is 3.98. The van der Waals surface area contributed by atoms with Crippen LogP contribution in [0.1, 0.15) is 38.5 Å². The first-order valence-corrected chi connectivity index (χ1v) is 7.09. The van der Waals surface area contributed by atoms with Crippen molar-refractivity contribution in [2.45, 2.75) is 44.6 Å². The van der Waals surface area contributed by atoms with Gasteiger partial charge in [-0.25, -0.2) is 4.79 Å². The normalized spacial score (nSPS) is 30.0. The van der Waals surface area contributed by atoms with Crippen LogP contribution in [0.25, 0.3) is 0 Å². The second-order valence-electron chi connectivity index (χ2n) is 5.47. The summed E-state index contributed by atoms with van der Waals surface area (Å²) in [6, 6.07) is 0.0418. The van der Waals surface area contributed by atoms with Crippen molar-refractivity contribution < 1.29 is 14.7 Å².